The lowest BCUT2D eigenvalue weighted by atomic mass is 9.99. The maximum absolute atomic E-state index is 12.7. The van der Waals surface area contributed by atoms with Gasteiger partial charge < -0.3 is 19.7 Å². The lowest BCUT2D eigenvalue weighted by Gasteiger charge is -2.33. The summed E-state index contributed by atoms with van der Waals surface area (Å²) < 4.78 is 48.8. The Hall–Kier alpha value is -2.16. The summed E-state index contributed by atoms with van der Waals surface area (Å²) in [5.74, 6) is 2.16. The summed E-state index contributed by atoms with van der Waals surface area (Å²) in [6.45, 7) is 3.97. The van der Waals surface area contributed by atoms with Gasteiger partial charge in [-0.05, 0) is 43.0 Å². The van der Waals surface area contributed by atoms with E-state index in [1.165, 1.54) is 10.5 Å². The third kappa shape index (κ3) is 5.46. The molecule has 1 unspecified atom stereocenters. The second-order valence-electron chi connectivity index (χ2n) is 7.43. The number of nitrogens with one attached hydrogen (secondary N) is 1. The summed E-state index contributed by atoms with van der Waals surface area (Å²) in [6.07, 6.45) is -2.65. The van der Waals surface area contributed by atoms with Crippen LogP contribution in [0.5, 0.6) is 11.5 Å². The third-order valence-corrected chi connectivity index (χ3v) is 5.33. The Bertz CT molecular complexity index is 739. The van der Waals surface area contributed by atoms with E-state index in [0.717, 1.165) is 30.2 Å². The Kier molecular flexibility index (Phi) is 6.77. The van der Waals surface area contributed by atoms with Crippen LogP contribution in [0, 0.1) is 0 Å². The number of alkyl halides is 3. The van der Waals surface area contributed by atoms with Crippen molar-refractivity contribution >= 4 is 5.96 Å². The van der Waals surface area contributed by atoms with E-state index in [1.807, 2.05) is 19.1 Å². The first-order valence-electron chi connectivity index (χ1n) is 9.91. The number of guanidine groups is 1. The van der Waals surface area contributed by atoms with Gasteiger partial charge >= 0.3 is 6.18 Å². The normalized spacial score (nSPS) is 20.6. The molecule has 1 atom stereocenters. The van der Waals surface area contributed by atoms with Gasteiger partial charge in [0.25, 0.3) is 0 Å². The Labute approximate surface area is 169 Å². The molecular weight excluding hydrogens is 385 g/mol. The highest BCUT2D eigenvalue weighted by Gasteiger charge is 2.35. The van der Waals surface area contributed by atoms with E-state index in [4.69, 9.17) is 9.47 Å². The number of hydrogen-bond donors (Lipinski definition) is 1. The van der Waals surface area contributed by atoms with Gasteiger partial charge in [0.1, 0.15) is 0 Å². The molecule has 1 aromatic carbocycles. The van der Waals surface area contributed by atoms with Crippen molar-refractivity contribution in [3.8, 4) is 11.5 Å². The molecule has 2 aliphatic heterocycles. The van der Waals surface area contributed by atoms with Crippen molar-refractivity contribution in [3.63, 3.8) is 0 Å². The standard InChI is InChI=1S/C20H29F3N4O2/c1-4-24-19(25-16-6-7-26(12-16)13-20(21,22)23)27-8-5-14-9-17(28-2)18(29-3)10-15(14)11-27/h9-10,16H,4-8,11-13H2,1-3H3,(H,24,25). The molecule has 9 heteroatoms. The van der Waals surface area contributed by atoms with E-state index in [0.29, 0.717) is 38.3 Å². The summed E-state index contributed by atoms with van der Waals surface area (Å²) >= 11 is 0. The van der Waals surface area contributed by atoms with Gasteiger partial charge in [0.05, 0.1) is 20.8 Å². The number of ether oxygens (including phenoxy) is 2. The highest BCUT2D eigenvalue weighted by Crippen LogP contribution is 2.33. The van der Waals surface area contributed by atoms with Crippen LogP contribution in [-0.4, -0.2) is 74.9 Å². The monoisotopic (exact) mass is 414 g/mol. The van der Waals surface area contributed by atoms with Crippen LogP contribution in [0.25, 0.3) is 0 Å². The SMILES string of the molecule is CCN=C(NC1CCN(CC(F)(F)F)C1)N1CCc2cc(OC)c(OC)cc2C1. The topological polar surface area (TPSA) is 49.3 Å². The fourth-order valence-corrected chi connectivity index (χ4v) is 3.98. The van der Waals surface area contributed by atoms with Gasteiger partial charge in [0.15, 0.2) is 17.5 Å². The average molecular weight is 414 g/mol. The molecule has 3 rings (SSSR count). The molecule has 2 aliphatic rings. The number of nitrogens with zero attached hydrogens (tertiary/aromatic N) is 3. The highest BCUT2D eigenvalue weighted by molar-refractivity contribution is 5.80. The highest BCUT2D eigenvalue weighted by atomic mass is 19.4. The van der Waals surface area contributed by atoms with Gasteiger partial charge in [0.2, 0.25) is 0 Å². The number of fused-ring (bicyclic) bond motifs is 1. The fourth-order valence-electron chi connectivity index (χ4n) is 3.98. The molecule has 0 radical (unpaired) electrons. The van der Waals surface area contributed by atoms with Gasteiger partial charge in [-0.25, -0.2) is 0 Å². The van der Waals surface area contributed by atoms with Crippen LogP contribution in [-0.2, 0) is 13.0 Å². The van der Waals surface area contributed by atoms with Crippen molar-refractivity contribution < 1.29 is 22.6 Å². The van der Waals surface area contributed by atoms with Crippen LogP contribution >= 0.6 is 0 Å². The van der Waals surface area contributed by atoms with Crippen LogP contribution in [0.2, 0.25) is 0 Å². The number of methoxy groups -OCH3 is 2. The molecule has 0 saturated carbocycles. The van der Waals surface area contributed by atoms with E-state index in [1.54, 1.807) is 14.2 Å². The maximum atomic E-state index is 12.7. The lowest BCUT2D eigenvalue weighted by molar-refractivity contribution is -0.143. The molecule has 1 saturated heterocycles. The molecule has 1 aromatic rings. The first kappa shape index (κ1) is 21.5. The quantitative estimate of drug-likeness (QED) is 0.593. The molecule has 6 nitrogen and oxygen atoms in total. The summed E-state index contributed by atoms with van der Waals surface area (Å²) in [4.78, 5) is 8.20. The number of likely N-dealkylation sites (tertiary alicyclic amines) is 1. The van der Waals surface area contributed by atoms with Crippen molar-refractivity contribution in [1.82, 2.24) is 15.1 Å². The van der Waals surface area contributed by atoms with Crippen molar-refractivity contribution in [2.24, 2.45) is 4.99 Å². The second-order valence-corrected chi connectivity index (χ2v) is 7.43. The van der Waals surface area contributed by atoms with Gasteiger partial charge in [-0.3, -0.25) is 9.89 Å². The molecule has 29 heavy (non-hydrogen) atoms. The van der Waals surface area contributed by atoms with Crippen LogP contribution in [0.1, 0.15) is 24.5 Å². The van der Waals surface area contributed by atoms with Gasteiger partial charge in [0, 0.05) is 38.8 Å². The van der Waals surface area contributed by atoms with Crippen molar-refractivity contribution in [2.45, 2.75) is 38.5 Å². The number of hydrogen-bond acceptors (Lipinski definition) is 4. The second kappa shape index (κ2) is 9.11. The van der Waals surface area contributed by atoms with Crippen LogP contribution in [0.15, 0.2) is 17.1 Å². The van der Waals surface area contributed by atoms with Gasteiger partial charge in [-0.15, -0.1) is 0 Å². The van der Waals surface area contributed by atoms with E-state index >= 15 is 0 Å². The summed E-state index contributed by atoms with van der Waals surface area (Å²) in [5, 5.41) is 3.40. The minimum atomic E-state index is -4.16. The summed E-state index contributed by atoms with van der Waals surface area (Å²) in [5.41, 5.74) is 2.36. The smallest absolute Gasteiger partial charge is 0.401 e. The molecule has 0 aliphatic carbocycles. The molecule has 0 spiro atoms. The minimum Gasteiger partial charge on any atom is -0.493 e. The Morgan fingerprint density at radius 1 is 1.17 bits per heavy atom. The number of halogens is 3. The minimum absolute atomic E-state index is 0.0329. The van der Waals surface area contributed by atoms with E-state index < -0.39 is 12.7 Å². The first-order valence-corrected chi connectivity index (χ1v) is 9.91. The zero-order chi connectivity index (χ0) is 21.0. The summed E-state index contributed by atoms with van der Waals surface area (Å²) in [7, 11) is 3.24. The molecule has 0 aromatic heterocycles. The lowest BCUT2D eigenvalue weighted by Crippen LogP contribution is -2.49. The van der Waals surface area contributed by atoms with Crippen molar-refractivity contribution in [2.75, 3.05) is 46.9 Å². The Morgan fingerprint density at radius 3 is 2.48 bits per heavy atom. The number of rotatable bonds is 5. The summed E-state index contributed by atoms with van der Waals surface area (Å²) in [6, 6.07) is 3.97. The van der Waals surface area contributed by atoms with E-state index in [2.05, 4.69) is 15.2 Å². The van der Waals surface area contributed by atoms with Crippen LogP contribution in [0.4, 0.5) is 13.2 Å². The predicted octanol–water partition coefficient (Wildman–Crippen LogP) is 2.66. The zero-order valence-electron chi connectivity index (χ0n) is 17.2. The van der Waals surface area contributed by atoms with E-state index in [9.17, 15) is 13.2 Å². The average Bonchev–Trinajstić information content (AvgIpc) is 3.11. The molecule has 0 amide bonds. The molecule has 0 bridgehead atoms. The molecule has 2 heterocycles. The molecule has 1 N–H and O–H groups in total. The Balaban J connectivity index is 1.67. The van der Waals surface area contributed by atoms with Crippen LogP contribution in [0.3, 0.4) is 0 Å². The largest absolute Gasteiger partial charge is 0.493 e. The number of benzene rings is 1. The molecule has 1 fully saturated rings. The van der Waals surface area contributed by atoms with Crippen LogP contribution < -0.4 is 14.8 Å². The van der Waals surface area contributed by atoms with Gasteiger partial charge in [-0.2, -0.15) is 13.2 Å². The predicted molar refractivity (Wildman–Crippen MR) is 106 cm³/mol. The van der Waals surface area contributed by atoms with Crippen molar-refractivity contribution in [1.29, 1.82) is 0 Å². The third-order valence-electron chi connectivity index (χ3n) is 5.33. The Morgan fingerprint density at radius 2 is 1.86 bits per heavy atom. The van der Waals surface area contributed by atoms with E-state index in [-0.39, 0.29) is 6.04 Å². The zero-order valence-corrected chi connectivity index (χ0v) is 17.2. The number of aliphatic imine (C=N–C) groups is 1. The molecular formula is C20H29F3N4O2. The molecule has 162 valence electrons. The van der Waals surface area contributed by atoms with Crippen molar-refractivity contribution in [3.05, 3.63) is 23.3 Å². The fraction of sp³-hybridized carbons (Fsp3) is 0.650. The maximum Gasteiger partial charge on any atom is 0.401 e. The van der Waals surface area contributed by atoms with Gasteiger partial charge in [-0.1, -0.05) is 0 Å². The first-order chi connectivity index (χ1) is 13.8.